The summed E-state index contributed by atoms with van der Waals surface area (Å²) in [6, 6.07) is 11.7. The maximum Gasteiger partial charge on any atom is 0.268 e. The van der Waals surface area contributed by atoms with E-state index in [1.54, 1.807) is 30.3 Å². The first kappa shape index (κ1) is 16.9. The van der Waals surface area contributed by atoms with Gasteiger partial charge < -0.3 is 9.47 Å². The van der Waals surface area contributed by atoms with Crippen LogP contribution in [0.2, 0.25) is 5.02 Å². The lowest BCUT2D eigenvalue weighted by atomic mass is 10.2. The Morgan fingerprint density at radius 3 is 2.75 bits per heavy atom. The lowest BCUT2D eigenvalue weighted by Crippen LogP contribution is -2.43. The summed E-state index contributed by atoms with van der Waals surface area (Å²) in [6.07, 6.45) is 0.493. The molecule has 1 aliphatic rings. The second-order valence-corrected chi connectivity index (χ2v) is 7.71. The van der Waals surface area contributed by atoms with Gasteiger partial charge in [0.2, 0.25) is 0 Å². The number of fused-ring (bicyclic) bond motifs is 1. The van der Waals surface area contributed by atoms with Gasteiger partial charge in [0.05, 0.1) is 19.3 Å². The molecular weight excluding hydrogens is 350 g/mol. The Labute approximate surface area is 146 Å². The highest BCUT2D eigenvalue weighted by Crippen LogP contribution is 2.39. The maximum absolute atomic E-state index is 13.3. The van der Waals surface area contributed by atoms with Gasteiger partial charge in [0.1, 0.15) is 22.5 Å². The number of para-hydroxylation sites is 2. The summed E-state index contributed by atoms with van der Waals surface area (Å²) in [7, 11) is -2.40. The Balaban J connectivity index is 2.15. The van der Waals surface area contributed by atoms with E-state index in [9.17, 15) is 8.42 Å². The summed E-state index contributed by atoms with van der Waals surface area (Å²) in [6.45, 7) is 2.20. The van der Waals surface area contributed by atoms with E-state index < -0.39 is 10.0 Å². The fourth-order valence-electron chi connectivity index (χ4n) is 2.67. The monoisotopic (exact) mass is 367 g/mol. The molecule has 0 aromatic heterocycles. The number of hydrogen-bond acceptors (Lipinski definition) is 4. The van der Waals surface area contributed by atoms with Crippen molar-refractivity contribution in [1.29, 1.82) is 0 Å². The molecular formula is C17H18ClNO4S. The van der Waals surface area contributed by atoms with Crippen molar-refractivity contribution in [2.75, 3.05) is 18.0 Å². The van der Waals surface area contributed by atoms with Gasteiger partial charge in [-0.15, -0.1) is 0 Å². The van der Waals surface area contributed by atoms with Crippen molar-refractivity contribution in [3.8, 4) is 11.5 Å². The molecule has 0 N–H and O–H groups in total. The highest BCUT2D eigenvalue weighted by atomic mass is 35.5. The average molecular weight is 368 g/mol. The van der Waals surface area contributed by atoms with Crippen LogP contribution in [0.4, 0.5) is 5.69 Å². The number of rotatable bonds is 4. The predicted octanol–water partition coefficient (Wildman–Crippen LogP) is 3.71. The second kappa shape index (κ2) is 6.53. The van der Waals surface area contributed by atoms with Gasteiger partial charge in [-0.1, -0.05) is 30.7 Å². The molecule has 0 saturated heterocycles. The van der Waals surface area contributed by atoms with Gasteiger partial charge in [0.15, 0.2) is 0 Å². The van der Waals surface area contributed by atoms with Gasteiger partial charge in [0, 0.05) is 5.02 Å². The lowest BCUT2D eigenvalue weighted by molar-refractivity contribution is 0.195. The van der Waals surface area contributed by atoms with E-state index >= 15 is 0 Å². The van der Waals surface area contributed by atoms with Crippen LogP contribution in [0.1, 0.15) is 13.3 Å². The largest absolute Gasteiger partial charge is 0.495 e. The minimum atomic E-state index is -3.84. The van der Waals surface area contributed by atoms with Crippen molar-refractivity contribution < 1.29 is 17.9 Å². The second-order valence-electron chi connectivity index (χ2n) is 5.45. The van der Waals surface area contributed by atoms with E-state index in [4.69, 9.17) is 21.1 Å². The molecule has 3 rings (SSSR count). The van der Waals surface area contributed by atoms with Crippen LogP contribution in [0.5, 0.6) is 11.5 Å². The fourth-order valence-corrected chi connectivity index (χ4v) is 4.60. The minimum Gasteiger partial charge on any atom is -0.495 e. The van der Waals surface area contributed by atoms with Crippen molar-refractivity contribution in [2.24, 2.45) is 0 Å². The topological polar surface area (TPSA) is 55.8 Å². The molecule has 0 saturated carbocycles. The predicted molar refractivity (Wildman–Crippen MR) is 93.7 cm³/mol. The summed E-state index contributed by atoms with van der Waals surface area (Å²) in [5, 5.41) is 0.336. The van der Waals surface area contributed by atoms with E-state index in [1.165, 1.54) is 17.5 Å². The summed E-state index contributed by atoms with van der Waals surface area (Å²) >= 11 is 6.01. The molecule has 7 heteroatoms. The Morgan fingerprint density at radius 2 is 2.04 bits per heavy atom. The maximum atomic E-state index is 13.3. The smallest absolute Gasteiger partial charge is 0.268 e. The Kier molecular flexibility index (Phi) is 4.60. The van der Waals surface area contributed by atoms with E-state index in [0.717, 1.165) is 0 Å². The van der Waals surface area contributed by atoms with Crippen molar-refractivity contribution in [3.05, 3.63) is 47.5 Å². The Hall–Kier alpha value is -1.92. The molecule has 0 spiro atoms. The summed E-state index contributed by atoms with van der Waals surface area (Å²) in [5.74, 6) is 0.816. The molecule has 0 bridgehead atoms. The molecule has 1 unspecified atom stereocenters. The van der Waals surface area contributed by atoms with Gasteiger partial charge in [-0.05, 0) is 36.8 Å². The SMILES string of the molecule is CCC1CN(S(=O)(=O)c2cc(Cl)ccc2OC)c2ccccc2O1. The van der Waals surface area contributed by atoms with Crippen molar-refractivity contribution in [1.82, 2.24) is 0 Å². The first-order valence-corrected chi connectivity index (χ1v) is 9.41. The van der Waals surface area contributed by atoms with Crippen LogP contribution < -0.4 is 13.8 Å². The minimum absolute atomic E-state index is 0.0454. The van der Waals surface area contributed by atoms with Crippen molar-refractivity contribution >= 4 is 27.3 Å². The standard InChI is InChI=1S/C17H18ClNO4S/c1-3-13-11-19(14-6-4-5-7-15(14)23-13)24(20,21)17-10-12(18)8-9-16(17)22-2/h4-10,13H,3,11H2,1-2H3. The van der Waals surface area contributed by atoms with Crippen LogP contribution in [0.3, 0.4) is 0 Å². The number of methoxy groups -OCH3 is 1. The number of nitrogens with zero attached hydrogens (tertiary/aromatic N) is 1. The van der Waals surface area contributed by atoms with Crippen LogP contribution in [-0.2, 0) is 10.0 Å². The van der Waals surface area contributed by atoms with Crippen LogP contribution in [0.15, 0.2) is 47.4 Å². The van der Waals surface area contributed by atoms with E-state index in [0.29, 0.717) is 22.9 Å². The van der Waals surface area contributed by atoms with Gasteiger partial charge >= 0.3 is 0 Å². The highest BCUT2D eigenvalue weighted by molar-refractivity contribution is 7.93. The Morgan fingerprint density at radius 1 is 1.29 bits per heavy atom. The number of hydrogen-bond donors (Lipinski definition) is 0. The lowest BCUT2D eigenvalue weighted by Gasteiger charge is -2.35. The van der Waals surface area contributed by atoms with E-state index in [-0.39, 0.29) is 23.3 Å². The zero-order valence-electron chi connectivity index (χ0n) is 13.4. The highest BCUT2D eigenvalue weighted by Gasteiger charge is 2.35. The summed E-state index contributed by atoms with van der Waals surface area (Å²) in [5.41, 5.74) is 0.518. The molecule has 0 radical (unpaired) electrons. The molecule has 24 heavy (non-hydrogen) atoms. The van der Waals surface area contributed by atoms with Gasteiger partial charge in [0.25, 0.3) is 10.0 Å². The molecule has 0 fully saturated rings. The number of benzene rings is 2. The number of sulfonamides is 1. The number of ether oxygens (including phenoxy) is 2. The zero-order chi connectivity index (χ0) is 17.3. The van der Waals surface area contributed by atoms with Crippen molar-refractivity contribution in [3.63, 3.8) is 0 Å². The van der Waals surface area contributed by atoms with Crippen LogP contribution >= 0.6 is 11.6 Å². The van der Waals surface area contributed by atoms with Crippen LogP contribution in [0, 0.1) is 0 Å². The number of halogens is 1. The zero-order valence-corrected chi connectivity index (χ0v) is 15.0. The third-order valence-corrected chi connectivity index (χ3v) is 5.98. The van der Waals surface area contributed by atoms with Crippen LogP contribution in [-0.4, -0.2) is 28.2 Å². The molecule has 1 atom stereocenters. The first-order valence-electron chi connectivity index (χ1n) is 7.59. The molecule has 128 valence electrons. The third-order valence-electron chi connectivity index (χ3n) is 3.95. The third kappa shape index (κ3) is 2.91. The molecule has 1 heterocycles. The Bertz CT molecular complexity index is 853. The fraction of sp³-hybridized carbons (Fsp3) is 0.294. The molecule has 0 amide bonds. The van der Waals surface area contributed by atoms with E-state index in [1.807, 2.05) is 13.0 Å². The average Bonchev–Trinajstić information content (AvgIpc) is 2.60. The van der Waals surface area contributed by atoms with E-state index in [2.05, 4.69) is 0 Å². The molecule has 2 aromatic rings. The quantitative estimate of drug-likeness (QED) is 0.826. The van der Waals surface area contributed by atoms with Gasteiger partial charge in [-0.3, -0.25) is 4.31 Å². The normalized spacial score (nSPS) is 17.1. The number of anilines is 1. The molecule has 0 aliphatic carbocycles. The summed E-state index contributed by atoms with van der Waals surface area (Å²) in [4.78, 5) is 0.0454. The molecule has 2 aromatic carbocycles. The van der Waals surface area contributed by atoms with Crippen LogP contribution in [0.25, 0.3) is 0 Å². The molecule has 5 nitrogen and oxygen atoms in total. The van der Waals surface area contributed by atoms with Gasteiger partial charge in [-0.25, -0.2) is 8.42 Å². The van der Waals surface area contributed by atoms with Gasteiger partial charge in [-0.2, -0.15) is 0 Å². The first-order chi connectivity index (χ1) is 11.5. The summed E-state index contributed by atoms with van der Waals surface area (Å²) < 4.78 is 39.0. The molecule has 1 aliphatic heterocycles. The van der Waals surface area contributed by atoms with Crippen molar-refractivity contribution in [2.45, 2.75) is 24.3 Å².